The minimum absolute atomic E-state index is 0.00708. The summed E-state index contributed by atoms with van der Waals surface area (Å²) < 4.78 is 34.1. The minimum Gasteiger partial charge on any atom is -0.466 e. The third-order valence-electron chi connectivity index (χ3n) is 2.46. The number of rotatable bonds is 6. The predicted molar refractivity (Wildman–Crippen MR) is 70.8 cm³/mol. The third kappa shape index (κ3) is 4.17. The van der Waals surface area contributed by atoms with Crippen molar-refractivity contribution in [3.63, 3.8) is 0 Å². The Morgan fingerprint density at radius 3 is 2.70 bits per heavy atom. The van der Waals surface area contributed by atoms with Crippen molar-refractivity contribution < 1.29 is 23.0 Å². The molecule has 0 aliphatic carbocycles. The van der Waals surface area contributed by atoms with Gasteiger partial charge in [0.25, 0.3) is 0 Å². The van der Waals surface area contributed by atoms with Crippen LogP contribution < -0.4 is 4.74 Å². The summed E-state index contributed by atoms with van der Waals surface area (Å²) >= 11 is 3.15. The van der Waals surface area contributed by atoms with Crippen LogP contribution in [0.2, 0.25) is 0 Å². The van der Waals surface area contributed by atoms with E-state index < -0.39 is 12.6 Å². The third-order valence-corrected chi connectivity index (χ3v) is 3.02. The molecular formula is C13H12BrF2NO3. The van der Waals surface area contributed by atoms with E-state index in [1.807, 2.05) is 0 Å². The van der Waals surface area contributed by atoms with E-state index in [-0.39, 0.29) is 29.7 Å². The molecule has 0 aliphatic heterocycles. The van der Waals surface area contributed by atoms with Gasteiger partial charge in [0.2, 0.25) is 0 Å². The van der Waals surface area contributed by atoms with E-state index in [0.29, 0.717) is 11.1 Å². The molecule has 20 heavy (non-hydrogen) atoms. The first-order valence-corrected chi connectivity index (χ1v) is 6.86. The van der Waals surface area contributed by atoms with Gasteiger partial charge >= 0.3 is 12.6 Å². The molecule has 0 N–H and O–H groups in total. The van der Waals surface area contributed by atoms with Crippen LogP contribution in [0, 0.1) is 11.3 Å². The Morgan fingerprint density at radius 1 is 1.50 bits per heavy atom. The van der Waals surface area contributed by atoms with Crippen molar-refractivity contribution in [2.45, 2.75) is 25.3 Å². The number of halogens is 3. The van der Waals surface area contributed by atoms with Gasteiger partial charge in [0.05, 0.1) is 18.6 Å². The molecule has 0 saturated carbocycles. The number of hydrogen-bond donors (Lipinski definition) is 0. The van der Waals surface area contributed by atoms with Crippen LogP contribution in [0.25, 0.3) is 0 Å². The lowest BCUT2D eigenvalue weighted by atomic mass is 10.0. The summed E-state index contributed by atoms with van der Waals surface area (Å²) in [4.78, 5) is 11.5. The van der Waals surface area contributed by atoms with E-state index in [9.17, 15) is 13.6 Å². The molecular weight excluding hydrogens is 336 g/mol. The zero-order valence-corrected chi connectivity index (χ0v) is 12.2. The van der Waals surface area contributed by atoms with Gasteiger partial charge in [-0.05, 0) is 18.6 Å². The quantitative estimate of drug-likeness (QED) is 0.585. The van der Waals surface area contributed by atoms with Gasteiger partial charge in [-0.25, -0.2) is 0 Å². The topological polar surface area (TPSA) is 59.3 Å². The molecule has 0 unspecified atom stereocenters. The van der Waals surface area contributed by atoms with Crippen LogP contribution in [0.3, 0.4) is 0 Å². The van der Waals surface area contributed by atoms with Gasteiger partial charge in [-0.1, -0.05) is 22.0 Å². The van der Waals surface area contributed by atoms with Gasteiger partial charge in [-0.15, -0.1) is 0 Å². The van der Waals surface area contributed by atoms with Gasteiger partial charge in [0, 0.05) is 10.9 Å². The van der Waals surface area contributed by atoms with E-state index in [1.165, 1.54) is 12.1 Å². The molecule has 0 aliphatic rings. The number of carbonyl (C=O) groups excluding carboxylic acids is 1. The lowest BCUT2D eigenvalue weighted by molar-refractivity contribution is -0.142. The maximum absolute atomic E-state index is 12.4. The maximum atomic E-state index is 12.4. The van der Waals surface area contributed by atoms with E-state index in [0.717, 1.165) is 0 Å². The Hall–Kier alpha value is -1.68. The molecule has 1 aromatic carbocycles. The monoisotopic (exact) mass is 347 g/mol. The van der Waals surface area contributed by atoms with Crippen molar-refractivity contribution >= 4 is 21.9 Å². The highest BCUT2D eigenvalue weighted by Gasteiger charge is 2.19. The van der Waals surface area contributed by atoms with Crippen molar-refractivity contribution in [3.05, 3.63) is 28.8 Å². The largest absolute Gasteiger partial charge is 0.466 e. The molecule has 0 heterocycles. The van der Waals surface area contributed by atoms with Crippen LogP contribution in [0.5, 0.6) is 5.75 Å². The van der Waals surface area contributed by atoms with Gasteiger partial charge in [-0.2, -0.15) is 14.0 Å². The van der Waals surface area contributed by atoms with Crippen LogP contribution in [0.15, 0.2) is 12.1 Å². The van der Waals surface area contributed by atoms with Crippen LogP contribution in [-0.4, -0.2) is 19.2 Å². The average Bonchev–Trinajstić information content (AvgIpc) is 2.39. The average molecular weight is 348 g/mol. The molecule has 0 saturated heterocycles. The smallest absolute Gasteiger partial charge is 0.387 e. The first-order valence-electron chi connectivity index (χ1n) is 5.74. The molecule has 0 aromatic heterocycles. The van der Waals surface area contributed by atoms with Crippen molar-refractivity contribution in [3.8, 4) is 11.8 Å². The Bertz CT molecular complexity index is 529. The van der Waals surface area contributed by atoms with E-state index >= 15 is 0 Å². The molecule has 4 nitrogen and oxygen atoms in total. The Kier molecular flexibility index (Phi) is 6.39. The fourth-order valence-corrected chi connectivity index (χ4v) is 2.27. The second-order valence-electron chi connectivity index (χ2n) is 3.69. The lowest BCUT2D eigenvalue weighted by Crippen LogP contribution is -2.12. The normalized spacial score (nSPS) is 10.2. The molecule has 0 atom stereocenters. The molecule has 0 amide bonds. The Morgan fingerprint density at radius 2 is 2.20 bits per heavy atom. The predicted octanol–water partition coefficient (Wildman–Crippen LogP) is 3.16. The highest BCUT2D eigenvalue weighted by atomic mass is 79.9. The van der Waals surface area contributed by atoms with Crippen molar-refractivity contribution in [2.24, 2.45) is 0 Å². The van der Waals surface area contributed by atoms with Crippen LogP contribution in [0.1, 0.15) is 23.6 Å². The minimum atomic E-state index is -3.04. The zero-order chi connectivity index (χ0) is 15.1. The second kappa shape index (κ2) is 7.80. The number of nitriles is 1. The second-order valence-corrected chi connectivity index (χ2v) is 4.25. The summed E-state index contributed by atoms with van der Waals surface area (Å²) in [6, 6.07) is 4.66. The fraction of sp³-hybridized carbons (Fsp3) is 0.385. The zero-order valence-electron chi connectivity index (χ0n) is 10.7. The van der Waals surface area contributed by atoms with Crippen molar-refractivity contribution in [1.29, 1.82) is 5.26 Å². The van der Waals surface area contributed by atoms with Crippen LogP contribution >= 0.6 is 15.9 Å². The number of benzene rings is 1. The van der Waals surface area contributed by atoms with E-state index in [2.05, 4.69) is 20.7 Å². The summed E-state index contributed by atoms with van der Waals surface area (Å²) in [7, 11) is 0. The fourth-order valence-electron chi connectivity index (χ4n) is 1.66. The molecule has 1 rings (SSSR count). The van der Waals surface area contributed by atoms with Crippen LogP contribution in [-0.2, 0) is 21.3 Å². The Labute approximate surface area is 123 Å². The number of ether oxygens (including phenoxy) is 2. The van der Waals surface area contributed by atoms with E-state index in [4.69, 9.17) is 10.00 Å². The first kappa shape index (κ1) is 16.4. The van der Waals surface area contributed by atoms with E-state index in [1.54, 1.807) is 13.0 Å². The molecule has 0 fully saturated rings. The standard InChI is InChI=1S/C13H12BrF2NO3/c1-2-19-11(18)5-8-3-4-9(7-17)12(10(8)6-14)20-13(15)16/h3-4,13H,2,5-6H2,1H3. The highest BCUT2D eigenvalue weighted by molar-refractivity contribution is 9.08. The SMILES string of the molecule is CCOC(=O)Cc1ccc(C#N)c(OC(F)F)c1CBr. The molecule has 0 spiro atoms. The van der Waals surface area contributed by atoms with Crippen molar-refractivity contribution in [2.75, 3.05) is 6.61 Å². The number of carbonyl (C=O) groups is 1. The van der Waals surface area contributed by atoms with Crippen molar-refractivity contribution in [1.82, 2.24) is 0 Å². The molecule has 108 valence electrons. The first-order chi connectivity index (χ1) is 9.53. The summed E-state index contributed by atoms with van der Waals surface area (Å²) in [5, 5.41) is 9.11. The molecule has 1 aromatic rings. The number of alkyl halides is 3. The highest BCUT2D eigenvalue weighted by Crippen LogP contribution is 2.31. The summed E-state index contributed by atoms with van der Waals surface area (Å²) in [5.41, 5.74) is 0.819. The number of esters is 1. The molecule has 0 bridgehead atoms. The maximum Gasteiger partial charge on any atom is 0.387 e. The summed E-state index contributed by atoms with van der Waals surface area (Å²) in [5.74, 6) is -0.677. The Balaban J connectivity index is 3.20. The lowest BCUT2D eigenvalue weighted by Gasteiger charge is -2.14. The van der Waals surface area contributed by atoms with Gasteiger partial charge < -0.3 is 9.47 Å². The molecule has 0 radical (unpaired) electrons. The van der Waals surface area contributed by atoms with Gasteiger partial charge in [0.1, 0.15) is 11.8 Å². The molecule has 7 heteroatoms. The number of nitrogens with zero attached hydrogens (tertiary/aromatic N) is 1. The van der Waals surface area contributed by atoms with Crippen LogP contribution in [0.4, 0.5) is 8.78 Å². The van der Waals surface area contributed by atoms with Gasteiger partial charge in [0.15, 0.2) is 0 Å². The summed E-state index contributed by atoms with van der Waals surface area (Å²) in [6.07, 6.45) is -0.0694. The summed E-state index contributed by atoms with van der Waals surface area (Å²) in [6.45, 7) is -1.13. The van der Waals surface area contributed by atoms with Gasteiger partial charge in [-0.3, -0.25) is 4.79 Å². The number of hydrogen-bond acceptors (Lipinski definition) is 4.